The van der Waals surface area contributed by atoms with E-state index >= 15 is 0 Å². The van der Waals surface area contributed by atoms with Crippen LogP contribution in [0.4, 0.5) is 0 Å². The van der Waals surface area contributed by atoms with Gasteiger partial charge in [-0.1, -0.05) is 23.6 Å². The molecule has 0 aliphatic heterocycles. The number of Topliss-reactive ketones (excluding diaryl/α,β-unsaturated/α-hetero) is 1. The average Bonchev–Trinajstić information content (AvgIpc) is 2.81. The number of hydrogen-bond acceptors (Lipinski definition) is 3. The maximum Gasteiger partial charge on any atom is 0.155 e. The van der Waals surface area contributed by atoms with Crippen molar-refractivity contribution in [1.82, 2.24) is 0 Å². The number of aliphatic hydroxyl groups is 1. The third-order valence-electron chi connectivity index (χ3n) is 7.97. The molecule has 0 radical (unpaired) electrons. The van der Waals surface area contributed by atoms with Crippen molar-refractivity contribution in [3.63, 3.8) is 0 Å². The Morgan fingerprint density at radius 1 is 1.21 bits per heavy atom. The standard InChI is InChI=1S/C21H28O3/c1-12(22)21(3)18-7-6-17-15(16(18)11-19(21)24)5-4-13-10-14(23)8-9-20(13,17)2/h10,15,17,19,24H,4-9,11H2,1-3H3/t15-,17-,19?,20-,21?/m0/s1. The Hall–Kier alpha value is -1.22. The molecule has 0 amide bonds. The minimum Gasteiger partial charge on any atom is -0.391 e. The third-order valence-corrected chi connectivity index (χ3v) is 7.97. The number of allylic oxidation sites excluding steroid dienone is 2. The van der Waals surface area contributed by atoms with E-state index in [4.69, 9.17) is 0 Å². The molecule has 4 rings (SSSR count). The molecular formula is C21H28O3. The highest BCUT2D eigenvalue weighted by Crippen LogP contribution is 2.62. The number of hydrogen-bond donors (Lipinski definition) is 1. The number of carbonyl (C=O) groups excluding carboxylic acids is 2. The van der Waals surface area contributed by atoms with Crippen molar-refractivity contribution >= 4 is 11.6 Å². The lowest BCUT2D eigenvalue weighted by Gasteiger charge is -2.52. The molecule has 4 aliphatic rings. The Labute approximate surface area is 144 Å². The fourth-order valence-corrected chi connectivity index (χ4v) is 6.26. The lowest BCUT2D eigenvalue weighted by atomic mass is 9.52. The summed E-state index contributed by atoms with van der Waals surface area (Å²) in [7, 11) is 0. The van der Waals surface area contributed by atoms with Crippen LogP contribution in [0.2, 0.25) is 0 Å². The van der Waals surface area contributed by atoms with E-state index in [0.29, 0.717) is 24.7 Å². The van der Waals surface area contributed by atoms with Gasteiger partial charge in [0.15, 0.2) is 5.78 Å². The highest BCUT2D eigenvalue weighted by molar-refractivity contribution is 5.91. The van der Waals surface area contributed by atoms with Gasteiger partial charge < -0.3 is 5.11 Å². The van der Waals surface area contributed by atoms with Gasteiger partial charge in [-0.15, -0.1) is 0 Å². The third kappa shape index (κ3) is 1.94. The lowest BCUT2D eigenvalue weighted by Crippen LogP contribution is -2.44. The topological polar surface area (TPSA) is 54.4 Å². The first-order valence-corrected chi connectivity index (χ1v) is 9.44. The monoisotopic (exact) mass is 328 g/mol. The number of rotatable bonds is 1. The van der Waals surface area contributed by atoms with Crippen molar-refractivity contribution < 1.29 is 14.7 Å². The van der Waals surface area contributed by atoms with Crippen LogP contribution in [0.25, 0.3) is 0 Å². The molecule has 5 atom stereocenters. The smallest absolute Gasteiger partial charge is 0.155 e. The van der Waals surface area contributed by atoms with Crippen LogP contribution in [0.15, 0.2) is 22.8 Å². The van der Waals surface area contributed by atoms with E-state index in [1.54, 1.807) is 6.92 Å². The van der Waals surface area contributed by atoms with E-state index in [1.165, 1.54) is 16.7 Å². The summed E-state index contributed by atoms with van der Waals surface area (Å²) in [4.78, 5) is 24.1. The van der Waals surface area contributed by atoms with Gasteiger partial charge in [-0.05, 0) is 75.7 Å². The molecule has 3 nitrogen and oxygen atoms in total. The van der Waals surface area contributed by atoms with E-state index in [9.17, 15) is 14.7 Å². The maximum absolute atomic E-state index is 12.3. The average molecular weight is 328 g/mol. The highest BCUT2D eigenvalue weighted by atomic mass is 16.3. The second kappa shape index (κ2) is 5.14. The zero-order chi connectivity index (χ0) is 17.3. The Bertz CT molecular complexity index is 685. The molecule has 0 aromatic heterocycles. The van der Waals surface area contributed by atoms with E-state index in [1.807, 2.05) is 13.0 Å². The zero-order valence-electron chi connectivity index (χ0n) is 15.0. The molecule has 1 N–H and O–H groups in total. The molecule has 0 bridgehead atoms. The van der Waals surface area contributed by atoms with Crippen LogP contribution in [0, 0.1) is 22.7 Å². The van der Waals surface area contributed by atoms with Crippen molar-refractivity contribution in [2.75, 3.05) is 0 Å². The van der Waals surface area contributed by atoms with Gasteiger partial charge in [0.25, 0.3) is 0 Å². The Kier molecular flexibility index (Phi) is 3.48. The molecule has 24 heavy (non-hydrogen) atoms. The van der Waals surface area contributed by atoms with E-state index in [0.717, 1.165) is 32.1 Å². The Morgan fingerprint density at radius 3 is 2.67 bits per heavy atom. The van der Waals surface area contributed by atoms with Crippen LogP contribution in [0.3, 0.4) is 0 Å². The fourth-order valence-electron chi connectivity index (χ4n) is 6.26. The number of aliphatic hydroxyl groups excluding tert-OH is 1. The summed E-state index contributed by atoms with van der Waals surface area (Å²) in [6.07, 6.45) is 7.74. The molecule has 0 spiro atoms. The molecule has 0 saturated heterocycles. The first-order chi connectivity index (χ1) is 11.3. The predicted octanol–water partition coefficient (Wildman–Crippen LogP) is 3.76. The molecule has 1 saturated carbocycles. The lowest BCUT2D eigenvalue weighted by molar-refractivity contribution is -0.128. The maximum atomic E-state index is 12.3. The Morgan fingerprint density at radius 2 is 1.96 bits per heavy atom. The second-order valence-corrected chi connectivity index (χ2v) is 8.83. The van der Waals surface area contributed by atoms with Crippen LogP contribution in [-0.4, -0.2) is 22.8 Å². The molecule has 1 fully saturated rings. The van der Waals surface area contributed by atoms with Crippen molar-refractivity contribution in [3.05, 3.63) is 22.8 Å². The van der Waals surface area contributed by atoms with Crippen molar-refractivity contribution in [3.8, 4) is 0 Å². The minimum absolute atomic E-state index is 0.101. The summed E-state index contributed by atoms with van der Waals surface area (Å²) in [5.74, 6) is 1.44. The van der Waals surface area contributed by atoms with Gasteiger partial charge in [-0.3, -0.25) is 9.59 Å². The van der Waals surface area contributed by atoms with Crippen LogP contribution < -0.4 is 0 Å². The predicted molar refractivity (Wildman–Crippen MR) is 92.3 cm³/mol. The molecule has 130 valence electrons. The van der Waals surface area contributed by atoms with E-state index in [-0.39, 0.29) is 17.0 Å². The van der Waals surface area contributed by atoms with Crippen LogP contribution in [0.1, 0.15) is 65.7 Å². The molecular weight excluding hydrogens is 300 g/mol. The van der Waals surface area contributed by atoms with Gasteiger partial charge in [0.05, 0.1) is 11.5 Å². The van der Waals surface area contributed by atoms with Crippen molar-refractivity contribution in [2.24, 2.45) is 22.7 Å². The molecule has 0 heterocycles. The largest absolute Gasteiger partial charge is 0.391 e. The van der Waals surface area contributed by atoms with Gasteiger partial charge >= 0.3 is 0 Å². The first-order valence-electron chi connectivity index (χ1n) is 9.44. The summed E-state index contributed by atoms with van der Waals surface area (Å²) in [5.41, 5.74) is 3.45. The second-order valence-electron chi connectivity index (χ2n) is 8.83. The normalized spacial score (nSPS) is 44.6. The summed E-state index contributed by atoms with van der Waals surface area (Å²) in [5, 5.41) is 10.7. The quantitative estimate of drug-likeness (QED) is 0.746. The summed E-state index contributed by atoms with van der Waals surface area (Å²) in [6, 6.07) is 0. The first kappa shape index (κ1) is 16.3. The van der Waals surface area contributed by atoms with E-state index in [2.05, 4.69) is 6.92 Å². The highest BCUT2D eigenvalue weighted by Gasteiger charge is 2.55. The molecule has 0 aromatic carbocycles. The van der Waals surface area contributed by atoms with E-state index < -0.39 is 11.5 Å². The molecule has 3 heteroatoms. The SMILES string of the molecule is CC(=O)C1(C)C2=C(CC1O)[C@@H]1CCC3=CC(=O)CC[C@]3(C)[C@H]1CC2. The number of fused-ring (bicyclic) bond motifs is 4. The van der Waals surface area contributed by atoms with Gasteiger partial charge in [0.2, 0.25) is 0 Å². The van der Waals surface area contributed by atoms with Crippen LogP contribution in [-0.2, 0) is 9.59 Å². The number of ketones is 2. The molecule has 2 unspecified atom stereocenters. The zero-order valence-corrected chi connectivity index (χ0v) is 15.0. The van der Waals surface area contributed by atoms with Crippen molar-refractivity contribution in [2.45, 2.75) is 71.8 Å². The van der Waals surface area contributed by atoms with Crippen LogP contribution in [0.5, 0.6) is 0 Å². The molecule has 0 aromatic rings. The van der Waals surface area contributed by atoms with Crippen LogP contribution >= 0.6 is 0 Å². The number of carbonyl (C=O) groups is 2. The summed E-state index contributed by atoms with van der Waals surface area (Å²) >= 11 is 0. The summed E-state index contributed by atoms with van der Waals surface area (Å²) < 4.78 is 0. The minimum atomic E-state index is -0.667. The van der Waals surface area contributed by atoms with Gasteiger partial charge in [-0.2, -0.15) is 0 Å². The van der Waals surface area contributed by atoms with Gasteiger partial charge in [0, 0.05) is 6.42 Å². The fraction of sp³-hybridized carbons (Fsp3) is 0.714. The van der Waals surface area contributed by atoms with Gasteiger partial charge in [0.1, 0.15) is 5.78 Å². The Balaban J connectivity index is 1.75. The van der Waals surface area contributed by atoms with Crippen molar-refractivity contribution in [1.29, 1.82) is 0 Å². The molecule has 4 aliphatic carbocycles. The van der Waals surface area contributed by atoms with Gasteiger partial charge in [-0.25, -0.2) is 0 Å². The summed E-state index contributed by atoms with van der Waals surface area (Å²) in [6.45, 7) is 5.92.